The van der Waals surface area contributed by atoms with Crippen molar-refractivity contribution >= 4 is 11.9 Å². The molecule has 166 valence electrons. The van der Waals surface area contributed by atoms with Gasteiger partial charge in [0.05, 0.1) is 13.1 Å². The lowest BCUT2D eigenvalue weighted by Gasteiger charge is -2.33. The van der Waals surface area contributed by atoms with E-state index in [1.807, 2.05) is 18.2 Å². The van der Waals surface area contributed by atoms with Gasteiger partial charge in [0.25, 0.3) is 0 Å². The molecule has 1 saturated heterocycles. The second kappa shape index (κ2) is 11.5. The van der Waals surface area contributed by atoms with Crippen LogP contribution in [0.3, 0.4) is 0 Å². The largest absolute Gasteiger partial charge is 0.354 e. The van der Waals surface area contributed by atoms with Crippen molar-refractivity contribution in [2.24, 2.45) is 4.99 Å². The summed E-state index contributed by atoms with van der Waals surface area (Å²) in [6, 6.07) is 19.1. The molecule has 0 aliphatic carbocycles. The lowest BCUT2D eigenvalue weighted by atomic mass is 10.0. The van der Waals surface area contributed by atoms with Gasteiger partial charge < -0.3 is 15.5 Å². The number of aryl methyl sites for hydroxylation is 1. The van der Waals surface area contributed by atoms with Crippen LogP contribution in [0.1, 0.15) is 29.5 Å². The minimum atomic E-state index is 0.0299. The summed E-state index contributed by atoms with van der Waals surface area (Å²) in [6.07, 6.45) is 2.11. The molecule has 0 atom stereocenters. The van der Waals surface area contributed by atoms with Crippen molar-refractivity contribution in [2.45, 2.75) is 38.9 Å². The smallest absolute Gasteiger partial charge is 0.241 e. The molecule has 2 aromatic rings. The molecule has 1 aliphatic rings. The molecule has 1 heterocycles. The first-order valence-corrected chi connectivity index (χ1v) is 11.1. The fourth-order valence-electron chi connectivity index (χ4n) is 3.68. The SMILES string of the molecule is Cc1ccccc1CN1CCC(NC(=NCc2ccccc2)NCC(=O)N(C)C)CC1. The van der Waals surface area contributed by atoms with Gasteiger partial charge in [-0.15, -0.1) is 0 Å². The molecule has 6 heteroatoms. The molecule has 0 spiro atoms. The van der Waals surface area contributed by atoms with Gasteiger partial charge in [-0.25, -0.2) is 4.99 Å². The Balaban J connectivity index is 1.55. The zero-order valence-corrected chi connectivity index (χ0v) is 19.0. The summed E-state index contributed by atoms with van der Waals surface area (Å²) in [5.41, 5.74) is 3.91. The van der Waals surface area contributed by atoms with Crippen LogP contribution < -0.4 is 10.6 Å². The number of carbonyl (C=O) groups is 1. The van der Waals surface area contributed by atoms with Crippen molar-refractivity contribution in [3.8, 4) is 0 Å². The molecule has 0 bridgehead atoms. The van der Waals surface area contributed by atoms with Crippen LogP contribution in [0.25, 0.3) is 0 Å². The van der Waals surface area contributed by atoms with E-state index in [9.17, 15) is 4.79 Å². The number of hydrogen-bond acceptors (Lipinski definition) is 3. The summed E-state index contributed by atoms with van der Waals surface area (Å²) in [7, 11) is 3.53. The average molecular weight is 422 g/mol. The molecular formula is C25H35N5O. The number of guanidine groups is 1. The van der Waals surface area contributed by atoms with Crippen molar-refractivity contribution in [3.05, 3.63) is 71.3 Å². The fourth-order valence-corrected chi connectivity index (χ4v) is 3.68. The Labute approximate surface area is 186 Å². The highest BCUT2D eigenvalue weighted by Gasteiger charge is 2.20. The van der Waals surface area contributed by atoms with Crippen LogP contribution >= 0.6 is 0 Å². The van der Waals surface area contributed by atoms with Crippen molar-refractivity contribution in [1.29, 1.82) is 0 Å². The third-order valence-corrected chi connectivity index (χ3v) is 5.75. The Morgan fingerprint density at radius 1 is 1.06 bits per heavy atom. The van der Waals surface area contributed by atoms with Gasteiger partial charge in [-0.2, -0.15) is 0 Å². The maximum atomic E-state index is 12.0. The van der Waals surface area contributed by atoms with Crippen molar-refractivity contribution < 1.29 is 4.79 Å². The van der Waals surface area contributed by atoms with Gasteiger partial charge in [0.1, 0.15) is 0 Å². The molecule has 2 aromatic carbocycles. The summed E-state index contributed by atoms with van der Waals surface area (Å²) in [6.45, 7) is 6.10. The van der Waals surface area contributed by atoms with E-state index in [2.05, 4.69) is 58.9 Å². The van der Waals surface area contributed by atoms with Crippen molar-refractivity contribution in [3.63, 3.8) is 0 Å². The molecule has 0 unspecified atom stereocenters. The Kier molecular flexibility index (Phi) is 8.47. The highest BCUT2D eigenvalue weighted by atomic mass is 16.2. The van der Waals surface area contributed by atoms with Gasteiger partial charge in [0.15, 0.2) is 5.96 Å². The summed E-state index contributed by atoms with van der Waals surface area (Å²) < 4.78 is 0. The lowest BCUT2D eigenvalue weighted by Crippen LogP contribution is -2.50. The highest BCUT2D eigenvalue weighted by Crippen LogP contribution is 2.16. The topological polar surface area (TPSA) is 60.0 Å². The van der Waals surface area contributed by atoms with Crippen LogP contribution in [-0.4, -0.2) is 61.4 Å². The number of nitrogens with one attached hydrogen (secondary N) is 2. The van der Waals surface area contributed by atoms with E-state index >= 15 is 0 Å². The molecule has 1 fully saturated rings. The first kappa shape index (κ1) is 22.8. The quantitative estimate of drug-likeness (QED) is 0.533. The number of benzene rings is 2. The Hall–Kier alpha value is -2.86. The number of piperidine rings is 1. The Morgan fingerprint density at radius 2 is 1.74 bits per heavy atom. The fraction of sp³-hybridized carbons (Fsp3) is 0.440. The molecule has 1 amide bonds. The number of carbonyl (C=O) groups excluding carboxylic acids is 1. The van der Waals surface area contributed by atoms with E-state index in [0.717, 1.165) is 38.0 Å². The molecule has 0 aromatic heterocycles. The van der Waals surface area contributed by atoms with E-state index in [-0.39, 0.29) is 12.5 Å². The van der Waals surface area contributed by atoms with Crippen LogP contribution in [0.5, 0.6) is 0 Å². The molecule has 6 nitrogen and oxygen atoms in total. The average Bonchev–Trinajstić information content (AvgIpc) is 2.78. The summed E-state index contributed by atoms with van der Waals surface area (Å²) in [4.78, 5) is 20.9. The third kappa shape index (κ3) is 7.40. The number of rotatable bonds is 7. The van der Waals surface area contributed by atoms with E-state index in [0.29, 0.717) is 18.5 Å². The second-order valence-corrected chi connectivity index (χ2v) is 8.41. The molecule has 0 radical (unpaired) electrons. The number of nitrogens with zero attached hydrogens (tertiary/aromatic N) is 3. The van der Waals surface area contributed by atoms with Gasteiger partial charge >= 0.3 is 0 Å². The van der Waals surface area contributed by atoms with Crippen LogP contribution in [0.4, 0.5) is 0 Å². The Morgan fingerprint density at radius 3 is 2.42 bits per heavy atom. The van der Waals surface area contributed by atoms with Gasteiger partial charge in [-0.05, 0) is 36.5 Å². The zero-order chi connectivity index (χ0) is 22.1. The minimum Gasteiger partial charge on any atom is -0.354 e. The van der Waals surface area contributed by atoms with E-state index in [1.54, 1.807) is 19.0 Å². The number of likely N-dealkylation sites (N-methyl/N-ethyl adjacent to an activating group) is 1. The van der Waals surface area contributed by atoms with Crippen LogP contribution in [0.15, 0.2) is 59.6 Å². The van der Waals surface area contributed by atoms with Gasteiger partial charge in [-0.3, -0.25) is 9.69 Å². The number of likely N-dealkylation sites (tertiary alicyclic amines) is 1. The molecular weight excluding hydrogens is 386 g/mol. The lowest BCUT2D eigenvalue weighted by molar-refractivity contribution is -0.127. The van der Waals surface area contributed by atoms with Crippen LogP contribution in [0, 0.1) is 6.92 Å². The highest BCUT2D eigenvalue weighted by molar-refractivity contribution is 5.86. The van der Waals surface area contributed by atoms with Gasteiger partial charge in [-0.1, -0.05) is 54.6 Å². The van der Waals surface area contributed by atoms with Crippen LogP contribution in [0.2, 0.25) is 0 Å². The van der Waals surface area contributed by atoms with Crippen molar-refractivity contribution in [2.75, 3.05) is 33.7 Å². The molecule has 0 saturated carbocycles. The second-order valence-electron chi connectivity index (χ2n) is 8.41. The third-order valence-electron chi connectivity index (χ3n) is 5.75. The maximum absolute atomic E-state index is 12.0. The van der Waals surface area contributed by atoms with Gasteiger partial charge in [0, 0.05) is 39.8 Å². The Bertz CT molecular complexity index is 857. The minimum absolute atomic E-state index is 0.0299. The molecule has 1 aliphatic heterocycles. The first-order chi connectivity index (χ1) is 15.0. The molecule has 31 heavy (non-hydrogen) atoms. The van der Waals surface area contributed by atoms with E-state index in [1.165, 1.54) is 11.1 Å². The number of hydrogen-bond donors (Lipinski definition) is 2. The predicted molar refractivity (Wildman–Crippen MR) is 127 cm³/mol. The number of aliphatic imine (C=N–C) groups is 1. The monoisotopic (exact) mass is 421 g/mol. The standard InChI is InChI=1S/C25H35N5O/c1-20-9-7-8-12-22(20)19-30-15-13-23(14-16-30)28-25(27-18-24(31)29(2)3)26-17-21-10-5-4-6-11-21/h4-12,23H,13-19H2,1-3H3,(H2,26,27,28). The molecule has 2 N–H and O–H groups in total. The summed E-state index contributed by atoms with van der Waals surface area (Å²) >= 11 is 0. The summed E-state index contributed by atoms with van der Waals surface area (Å²) in [5.74, 6) is 0.735. The number of amides is 1. The van der Waals surface area contributed by atoms with Crippen LogP contribution in [-0.2, 0) is 17.9 Å². The first-order valence-electron chi connectivity index (χ1n) is 11.1. The maximum Gasteiger partial charge on any atom is 0.241 e. The predicted octanol–water partition coefficient (Wildman–Crippen LogP) is 2.78. The van der Waals surface area contributed by atoms with Crippen molar-refractivity contribution in [1.82, 2.24) is 20.4 Å². The zero-order valence-electron chi connectivity index (χ0n) is 19.0. The van der Waals surface area contributed by atoms with Gasteiger partial charge in [0.2, 0.25) is 5.91 Å². The normalized spacial score (nSPS) is 15.5. The summed E-state index contributed by atoms with van der Waals surface area (Å²) in [5, 5.41) is 6.77. The van der Waals surface area contributed by atoms with E-state index < -0.39 is 0 Å². The van der Waals surface area contributed by atoms with E-state index in [4.69, 9.17) is 4.99 Å². The molecule has 3 rings (SSSR count).